The molecule has 1 amide bonds. The lowest BCUT2D eigenvalue weighted by molar-refractivity contribution is -0.112. The van der Waals surface area contributed by atoms with Gasteiger partial charge in [0, 0.05) is 30.0 Å². The van der Waals surface area contributed by atoms with E-state index in [-0.39, 0.29) is 12.2 Å². The number of nitrogens with one attached hydrogen (secondary N) is 1. The van der Waals surface area contributed by atoms with Crippen molar-refractivity contribution >= 4 is 23.2 Å². The van der Waals surface area contributed by atoms with Crippen LogP contribution in [-0.4, -0.2) is 29.1 Å². The Kier molecular flexibility index (Phi) is 7.22. The van der Waals surface area contributed by atoms with Crippen LogP contribution in [-0.2, 0) is 11.3 Å². The Morgan fingerprint density at radius 2 is 2.04 bits per heavy atom. The SMILES string of the molecule is Cc1ccc(NC(=O)/C(C#N)=C\N(CCO)Cc2ccccc2)cc1Cl. The van der Waals surface area contributed by atoms with E-state index in [9.17, 15) is 15.2 Å². The van der Waals surface area contributed by atoms with Gasteiger partial charge in [0.25, 0.3) is 5.91 Å². The van der Waals surface area contributed by atoms with Crippen LogP contribution in [0, 0.1) is 18.3 Å². The summed E-state index contributed by atoms with van der Waals surface area (Å²) in [7, 11) is 0. The van der Waals surface area contributed by atoms with Gasteiger partial charge in [0.1, 0.15) is 11.6 Å². The van der Waals surface area contributed by atoms with Gasteiger partial charge in [-0.1, -0.05) is 48.0 Å². The molecule has 0 fully saturated rings. The van der Waals surface area contributed by atoms with E-state index in [4.69, 9.17) is 11.6 Å². The quantitative estimate of drug-likeness (QED) is 0.578. The zero-order valence-electron chi connectivity index (χ0n) is 14.4. The van der Waals surface area contributed by atoms with E-state index < -0.39 is 5.91 Å². The summed E-state index contributed by atoms with van der Waals surface area (Å²) < 4.78 is 0. The van der Waals surface area contributed by atoms with Crippen LogP contribution in [0.5, 0.6) is 0 Å². The van der Waals surface area contributed by atoms with Gasteiger partial charge in [-0.15, -0.1) is 0 Å². The molecule has 2 N–H and O–H groups in total. The van der Waals surface area contributed by atoms with Crippen molar-refractivity contribution in [3.63, 3.8) is 0 Å². The maximum absolute atomic E-state index is 12.4. The molecular formula is C20H20ClN3O2. The van der Waals surface area contributed by atoms with Crippen molar-refractivity contribution in [2.75, 3.05) is 18.5 Å². The van der Waals surface area contributed by atoms with Gasteiger partial charge in [-0.2, -0.15) is 5.26 Å². The molecule has 5 nitrogen and oxygen atoms in total. The lowest BCUT2D eigenvalue weighted by Gasteiger charge is -2.20. The second kappa shape index (κ2) is 9.62. The van der Waals surface area contributed by atoms with E-state index >= 15 is 0 Å². The molecule has 0 heterocycles. The number of hydrogen-bond acceptors (Lipinski definition) is 4. The second-order valence-corrected chi connectivity index (χ2v) is 6.16. The minimum Gasteiger partial charge on any atom is -0.395 e. The molecule has 0 aliphatic rings. The third-order valence-corrected chi connectivity index (χ3v) is 4.13. The molecule has 0 saturated heterocycles. The highest BCUT2D eigenvalue weighted by Crippen LogP contribution is 2.20. The fraction of sp³-hybridized carbons (Fsp3) is 0.200. The van der Waals surface area contributed by atoms with Gasteiger partial charge in [-0.3, -0.25) is 4.79 Å². The van der Waals surface area contributed by atoms with Crippen molar-refractivity contribution in [2.45, 2.75) is 13.5 Å². The zero-order chi connectivity index (χ0) is 18.9. The summed E-state index contributed by atoms with van der Waals surface area (Å²) in [5.74, 6) is -0.525. The Balaban J connectivity index is 2.15. The van der Waals surface area contributed by atoms with Crippen molar-refractivity contribution in [1.29, 1.82) is 5.26 Å². The summed E-state index contributed by atoms with van der Waals surface area (Å²) in [5, 5.41) is 21.8. The fourth-order valence-corrected chi connectivity index (χ4v) is 2.51. The summed E-state index contributed by atoms with van der Waals surface area (Å²) in [6.45, 7) is 2.57. The standard InChI is InChI=1S/C20H20ClN3O2/c1-15-7-8-18(11-19(15)21)23-20(26)17(12-22)14-24(9-10-25)13-16-5-3-2-4-6-16/h2-8,11,14,25H,9-10,13H2,1H3,(H,23,26)/b17-14-. The normalized spacial score (nSPS) is 10.9. The van der Waals surface area contributed by atoms with Crippen LogP contribution in [0.25, 0.3) is 0 Å². The Morgan fingerprint density at radius 3 is 2.65 bits per heavy atom. The highest BCUT2D eigenvalue weighted by Gasteiger charge is 2.12. The number of nitrogens with zero attached hydrogens (tertiary/aromatic N) is 2. The molecule has 2 aromatic rings. The smallest absolute Gasteiger partial charge is 0.267 e. The molecular weight excluding hydrogens is 350 g/mol. The lowest BCUT2D eigenvalue weighted by Crippen LogP contribution is -2.24. The third-order valence-electron chi connectivity index (χ3n) is 3.72. The van der Waals surface area contributed by atoms with Gasteiger partial charge >= 0.3 is 0 Å². The zero-order valence-corrected chi connectivity index (χ0v) is 15.2. The van der Waals surface area contributed by atoms with Crippen LogP contribution in [0.15, 0.2) is 60.3 Å². The highest BCUT2D eigenvalue weighted by atomic mass is 35.5. The monoisotopic (exact) mass is 369 g/mol. The van der Waals surface area contributed by atoms with Crippen molar-refractivity contribution < 1.29 is 9.90 Å². The van der Waals surface area contributed by atoms with Crippen molar-refractivity contribution in [3.05, 3.63) is 76.5 Å². The van der Waals surface area contributed by atoms with E-state index in [0.29, 0.717) is 23.8 Å². The van der Waals surface area contributed by atoms with Gasteiger partial charge in [0.2, 0.25) is 0 Å². The number of nitriles is 1. The maximum Gasteiger partial charge on any atom is 0.267 e. The minimum absolute atomic E-state index is 0.0499. The van der Waals surface area contributed by atoms with Crippen molar-refractivity contribution in [1.82, 2.24) is 4.90 Å². The molecule has 2 aromatic carbocycles. The van der Waals surface area contributed by atoms with Gasteiger partial charge in [-0.05, 0) is 30.2 Å². The summed E-state index contributed by atoms with van der Waals surface area (Å²) in [6, 6.07) is 16.7. The first-order chi connectivity index (χ1) is 12.5. The van der Waals surface area contributed by atoms with Crippen LogP contribution in [0.2, 0.25) is 5.02 Å². The number of rotatable bonds is 7. The largest absolute Gasteiger partial charge is 0.395 e. The molecule has 0 radical (unpaired) electrons. The molecule has 0 aliphatic heterocycles. The van der Waals surface area contributed by atoms with E-state index in [2.05, 4.69) is 5.32 Å². The molecule has 6 heteroatoms. The summed E-state index contributed by atoms with van der Waals surface area (Å²) in [5.41, 5.74) is 2.38. The van der Waals surface area contributed by atoms with Crippen LogP contribution in [0.4, 0.5) is 5.69 Å². The summed E-state index contributed by atoms with van der Waals surface area (Å²) in [4.78, 5) is 14.1. The number of carbonyl (C=O) groups is 1. The van der Waals surface area contributed by atoms with Crippen molar-refractivity contribution in [2.24, 2.45) is 0 Å². The molecule has 2 rings (SSSR count). The van der Waals surface area contributed by atoms with E-state index in [1.807, 2.05) is 43.3 Å². The minimum atomic E-state index is -0.525. The summed E-state index contributed by atoms with van der Waals surface area (Å²) >= 11 is 6.06. The van der Waals surface area contributed by atoms with E-state index in [1.54, 1.807) is 23.1 Å². The Bertz CT molecular complexity index is 829. The molecule has 0 unspecified atom stereocenters. The first-order valence-electron chi connectivity index (χ1n) is 8.11. The Morgan fingerprint density at radius 1 is 1.31 bits per heavy atom. The van der Waals surface area contributed by atoms with Gasteiger partial charge < -0.3 is 15.3 Å². The Hall–Kier alpha value is -2.81. The number of hydrogen-bond donors (Lipinski definition) is 2. The molecule has 134 valence electrons. The first kappa shape index (κ1) is 19.5. The highest BCUT2D eigenvalue weighted by molar-refractivity contribution is 6.31. The molecule has 0 bridgehead atoms. The number of anilines is 1. The van der Waals surface area contributed by atoms with Crippen LogP contribution < -0.4 is 5.32 Å². The number of aliphatic hydroxyl groups is 1. The average Bonchev–Trinajstić information content (AvgIpc) is 2.63. The van der Waals surface area contributed by atoms with Gasteiger partial charge in [0.05, 0.1) is 6.61 Å². The van der Waals surface area contributed by atoms with E-state index in [1.165, 1.54) is 6.20 Å². The fourth-order valence-electron chi connectivity index (χ4n) is 2.33. The van der Waals surface area contributed by atoms with Crippen molar-refractivity contribution in [3.8, 4) is 6.07 Å². The van der Waals surface area contributed by atoms with Gasteiger partial charge in [-0.25, -0.2) is 0 Å². The topological polar surface area (TPSA) is 76.4 Å². The number of halogens is 1. The number of carbonyl (C=O) groups excluding carboxylic acids is 1. The average molecular weight is 370 g/mol. The molecule has 26 heavy (non-hydrogen) atoms. The predicted octanol–water partition coefficient (Wildman–Crippen LogP) is 3.49. The Labute approximate surface area is 158 Å². The summed E-state index contributed by atoms with van der Waals surface area (Å²) in [6.07, 6.45) is 1.47. The number of amides is 1. The van der Waals surface area contributed by atoms with Gasteiger partial charge in [0.15, 0.2) is 0 Å². The van der Waals surface area contributed by atoms with Crippen LogP contribution in [0.1, 0.15) is 11.1 Å². The predicted molar refractivity (Wildman–Crippen MR) is 102 cm³/mol. The number of aryl methyl sites for hydroxylation is 1. The molecule has 0 atom stereocenters. The number of aliphatic hydroxyl groups excluding tert-OH is 1. The van der Waals surface area contributed by atoms with Crippen LogP contribution in [0.3, 0.4) is 0 Å². The first-order valence-corrected chi connectivity index (χ1v) is 8.49. The molecule has 0 aromatic heterocycles. The third kappa shape index (κ3) is 5.62. The van der Waals surface area contributed by atoms with Crippen LogP contribution >= 0.6 is 11.6 Å². The molecule has 0 saturated carbocycles. The molecule has 0 spiro atoms. The molecule has 0 aliphatic carbocycles. The number of benzene rings is 2. The lowest BCUT2D eigenvalue weighted by atomic mass is 10.2. The maximum atomic E-state index is 12.4. The second-order valence-electron chi connectivity index (χ2n) is 5.75. The van der Waals surface area contributed by atoms with E-state index in [0.717, 1.165) is 11.1 Å².